The van der Waals surface area contributed by atoms with Gasteiger partial charge in [0.05, 0.1) is 31.5 Å². The minimum Gasteiger partial charge on any atom is -0.394 e. The average molecular weight is 287 g/mol. The molecule has 1 aromatic carbocycles. The Labute approximate surface area is 122 Å². The molecule has 21 heavy (non-hydrogen) atoms. The van der Waals surface area contributed by atoms with Crippen molar-refractivity contribution in [1.29, 1.82) is 0 Å². The van der Waals surface area contributed by atoms with Gasteiger partial charge in [-0.3, -0.25) is 4.98 Å². The number of aromatic nitrogens is 1. The number of fused-ring (bicyclic) bond motifs is 1. The Bertz CT molecular complexity index is 642. The van der Waals surface area contributed by atoms with Crippen molar-refractivity contribution in [2.45, 2.75) is 6.04 Å². The smallest absolute Gasteiger partial charge is 0.322 e. The molecule has 0 spiro atoms. The molecule has 2 aromatic rings. The van der Waals surface area contributed by atoms with Crippen molar-refractivity contribution in [2.75, 3.05) is 31.7 Å². The van der Waals surface area contributed by atoms with E-state index in [1.807, 2.05) is 24.3 Å². The number of carbonyl (C=O) groups excluding carboxylic acids is 1. The van der Waals surface area contributed by atoms with Gasteiger partial charge in [-0.1, -0.05) is 12.1 Å². The number of amides is 2. The lowest BCUT2D eigenvalue weighted by Crippen LogP contribution is -2.52. The lowest BCUT2D eigenvalue weighted by atomic mass is 10.1. The number of benzene rings is 1. The molecule has 110 valence electrons. The molecule has 6 nitrogen and oxygen atoms in total. The molecule has 2 N–H and O–H groups in total. The van der Waals surface area contributed by atoms with E-state index in [4.69, 9.17) is 4.74 Å². The number of anilines is 1. The molecule has 1 aromatic heterocycles. The Balaban J connectivity index is 1.83. The molecule has 0 bridgehead atoms. The van der Waals surface area contributed by atoms with Gasteiger partial charge < -0.3 is 20.1 Å². The summed E-state index contributed by atoms with van der Waals surface area (Å²) in [7, 11) is 0. The number of carbonyl (C=O) groups is 1. The van der Waals surface area contributed by atoms with E-state index in [0.29, 0.717) is 19.8 Å². The van der Waals surface area contributed by atoms with E-state index in [1.165, 1.54) is 0 Å². The molecular weight excluding hydrogens is 270 g/mol. The van der Waals surface area contributed by atoms with Gasteiger partial charge in [0.15, 0.2) is 0 Å². The van der Waals surface area contributed by atoms with Crippen LogP contribution in [0.4, 0.5) is 10.5 Å². The summed E-state index contributed by atoms with van der Waals surface area (Å²) in [5, 5.41) is 14.2. The van der Waals surface area contributed by atoms with E-state index in [-0.39, 0.29) is 18.7 Å². The Morgan fingerprint density at radius 2 is 2.38 bits per heavy atom. The molecule has 2 heterocycles. The minimum absolute atomic E-state index is 0.104. The zero-order chi connectivity index (χ0) is 14.7. The number of hydrogen-bond acceptors (Lipinski definition) is 4. The second kappa shape index (κ2) is 6.07. The second-order valence-electron chi connectivity index (χ2n) is 4.94. The molecule has 0 unspecified atom stereocenters. The predicted octanol–water partition coefficient (Wildman–Crippen LogP) is 1.46. The zero-order valence-corrected chi connectivity index (χ0v) is 11.5. The SMILES string of the molecule is O=C(Nc1cccc2cnccc12)N1CCOC[C@H]1CO. The number of ether oxygens (including phenoxy) is 1. The highest BCUT2D eigenvalue weighted by Crippen LogP contribution is 2.23. The molecule has 1 atom stereocenters. The van der Waals surface area contributed by atoms with Crippen LogP contribution in [0.2, 0.25) is 0 Å². The quantitative estimate of drug-likeness (QED) is 0.877. The Hall–Kier alpha value is -2.18. The second-order valence-corrected chi connectivity index (χ2v) is 4.94. The summed E-state index contributed by atoms with van der Waals surface area (Å²) in [6.45, 7) is 1.23. The van der Waals surface area contributed by atoms with E-state index < -0.39 is 0 Å². The number of rotatable bonds is 2. The van der Waals surface area contributed by atoms with Crippen LogP contribution in [-0.4, -0.2) is 53.4 Å². The summed E-state index contributed by atoms with van der Waals surface area (Å²) >= 11 is 0. The molecule has 0 saturated carbocycles. The first-order valence-corrected chi connectivity index (χ1v) is 6.88. The van der Waals surface area contributed by atoms with Crippen LogP contribution in [0.3, 0.4) is 0 Å². The maximum absolute atomic E-state index is 12.4. The number of aliphatic hydroxyl groups excluding tert-OH is 1. The zero-order valence-electron chi connectivity index (χ0n) is 11.5. The topological polar surface area (TPSA) is 74.7 Å². The number of aliphatic hydroxyl groups is 1. The van der Waals surface area contributed by atoms with Crippen molar-refractivity contribution < 1.29 is 14.6 Å². The fourth-order valence-electron chi connectivity index (χ4n) is 2.49. The molecule has 1 aliphatic heterocycles. The fraction of sp³-hybridized carbons (Fsp3) is 0.333. The normalized spacial score (nSPS) is 18.7. The van der Waals surface area contributed by atoms with Crippen LogP contribution >= 0.6 is 0 Å². The van der Waals surface area contributed by atoms with Gasteiger partial charge in [-0.05, 0) is 12.1 Å². The number of hydrogen-bond donors (Lipinski definition) is 2. The summed E-state index contributed by atoms with van der Waals surface area (Å²) in [4.78, 5) is 18.1. The maximum Gasteiger partial charge on any atom is 0.322 e. The fourth-order valence-corrected chi connectivity index (χ4v) is 2.49. The van der Waals surface area contributed by atoms with Gasteiger partial charge in [0, 0.05) is 29.7 Å². The van der Waals surface area contributed by atoms with Gasteiger partial charge in [0.1, 0.15) is 0 Å². The van der Waals surface area contributed by atoms with Gasteiger partial charge in [0.25, 0.3) is 0 Å². The van der Waals surface area contributed by atoms with Crippen molar-refractivity contribution in [3.05, 3.63) is 36.7 Å². The number of morpholine rings is 1. The van der Waals surface area contributed by atoms with Gasteiger partial charge in [-0.15, -0.1) is 0 Å². The van der Waals surface area contributed by atoms with Crippen molar-refractivity contribution >= 4 is 22.5 Å². The van der Waals surface area contributed by atoms with Crippen LogP contribution in [-0.2, 0) is 4.74 Å². The van der Waals surface area contributed by atoms with Crippen LogP contribution in [0, 0.1) is 0 Å². The Kier molecular flexibility index (Phi) is 3.98. The highest BCUT2D eigenvalue weighted by atomic mass is 16.5. The van der Waals surface area contributed by atoms with Crippen molar-refractivity contribution in [3.63, 3.8) is 0 Å². The van der Waals surface area contributed by atoms with Crippen molar-refractivity contribution in [2.24, 2.45) is 0 Å². The number of nitrogens with one attached hydrogen (secondary N) is 1. The van der Waals surface area contributed by atoms with Gasteiger partial charge >= 0.3 is 6.03 Å². The molecule has 6 heteroatoms. The molecule has 0 radical (unpaired) electrons. The molecule has 0 aliphatic carbocycles. The first-order chi connectivity index (χ1) is 10.3. The number of pyridine rings is 1. The predicted molar refractivity (Wildman–Crippen MR) is 79.2 cm³/mol. The van der Waals surface area contributed by atoms with Crippen LogP contribution in [0.5, 0.6) is 0 Å². The van der Waals surface area contributed by atoms with E-state index in [0.717, 1.165) is 16.5 Å². The number of nitrogens with zero attached hydrogens (tertiary/aromatic N) is 2. The third-order valence-corrected chi connectivity index (χ3v) is 3.62. The molecule has 3 rings (SSSR count). The molecular formula is C15H17N3O3. The monoisotopic (exact) mass is 287 g/mol. The highest BCUT2D eigenvalue weighted by Gasteiger charge is 2.26. The Morgan fingerprint density at radius 3 is 3.24 bits per heavy atom. The largest absolute Gasteiger partial charge is 0.394 e. The van der Waals surface area contributed by atoms with Gasteiger partial charge in [-0.2, -0.15) is 0 Å². The summed E-state index contributed by atoms with van der Waals surface area (Å²) in [6, 6.07) is 7.03. The summed E-state index contributed by atoms with van der Waals surface area (Å²) in [5.41, 5.74) is 0.739. The third-order valence-electron chi connectivity index (χ3n) is 3.62. The standard InChI is InChI=1S/C15H17N3O3/c19-9-12-10-21-7-6-18(12)15(20)17-14-3-1-2-11-8-16-5-4-13(11)14/h1-5,8,12,19H,6-7,9-10H2,(H,17,20)/t12-/m1/s1. The first kappa shape index (κ1) is 13.8. The average Bonchev–Trinajstić information content (AvgIpc) is 2.55. The molecule has 1 aliphatic rings. The maximum atomic E-state index is 12.4. The van der Waals surface area contributed by atoms with Gasteiger partial charge in [0.2, 0.25) is 0 Å². The summed E-state index contributed by atoms with van der Waals surface area (Å²) in [5.74, 6) is 0. The molecule has 1 fully saturated rings. The number of urea groups is 1. The molecule has 1 saturated heterocycles. The summed E-state index contributed by atoms with van der Waals surface area (Å²) < 4.78 is 5.28. The van der Waals surface area contributed by atoms with E-state index in [9.17, 15) is 9.90 Å². The first-order valence-electron chi connectivity index (χ1n) is 6.88. The van der Waals surface area contributed by atoms with E-state index in [1.54, 1.807) is 17.3 Å². The van der Waals surface area contributed by atoms with Crippen LogP contribution in [0.1, 0.15) is 0 Å². The van der Waals surface area contributed by atoms with Crippen LogP contribution in [0.15, 0.2) is 36.7 Å². The lowest BCUT2D eigenvalue weighted by molar-refractivity contribution is -0.00484. The highest BCUT2D eigenvalue weighted by molar-refractivity contribution is 6.01. The van der Waals surface area contributed by atoms with E-state index >= 15 is 0 Å². The minimum atomic E-state index is -0.296. The summed E-state index contributed by atoms with van der Waals surface area (Å²) in [6.07, 6.45) is 3.46. The van der Waals surface area contributed by atoms with Crippen molar-refractivity contribution in [1.82, 2.24) is 9.88 Å². The lowest BCUT2D eigenvalue weighted by Gasteiger charge is -2.34. The third kappa shape index (κ3) is 2.81. The van der Waals surface area contributed by atoms with Gasteiger partial charge in [-0.25, -0.2) is 4.79 Å². The van der Waals surface area contributed by atoms with Crippen LogP contribution in [0.25, 0.3) is 10.8 Å². The van der Waals surface area contributed by atoms with Crippen molar-refractivity contribution in [3.8, 4) is 0 Å². The Morgan fingerprint density at radius 1 is 1.48 bits per heavy atom. The van der Waals surface area contributed by atoms with Crippen LogP contribution < -0.4 is 5.32 Å². The molecule has 2 amide bonds. The van der Waals surface area contributed by atoms with E-state index in [2.05, 4.69) is 10.3 Å².